The molecule has 1 aromatic carbocycles. The monoisotopic (exact) mass is 173 g/mol. The Labute approximate surface area is 76.6 Å². The summed E-state index contributed by atoms with van der Waals surface area (Å²) >= 11 is 0. The zero-order valence-corrected chi connectivity index (χ0v) is 7.49. The minimum Gasteiger partial charge on any atom is -0.382 e. The van der Waals surface area contributed by atoms with Crippen LogP contribution in [0.25, 0.3) is 10.8 Å². The van der Waals surface area contributed by atoms with Crippen molar-refractivity contribution < 1.29 is 0 Å². The maximum absolute atomic E-state index is 5.71. The molecule has 3 nitrogen and oxygen atoms in total. The molecule has 2 rings (SSSR count). The molecule has 0 aliphatic heterocycles. The van der Waals surface area contributed by atoms with E-state index < -0.39 is 0 Å². The van der Waals surface area contributed by atoms with Crippen molar-refractivity contribution in [2.75, 3.05) is 5.73 Å². The number of aromatic nitrogens is 2. The average molecular weight is 173 g/mol. The molecule has 2 N–H and O–H groups in total. The fourth-order valence-corrected chi connectivity index (χ4v) is 1.44. The smallest absolute Gasteiger partial charge is 0.153 e. The van der Waals surface area contributed by atoms with E-state index in [9.17, 15) is 0 Å². The Morgan fingerprint density at radius 3 is 2.54 bits per heavy atom. The molecular formula is C10H11N3. The average Bonchev–Trinajstić information content (AvgIpc) is 2.19. The lowest BCUT2D eigenvalue weighted by Crippen LogP contribution is -1.98. The number of hydrogen-bond acceptors (Lipinski definition) is 3. The quantitative estimate of drug-likeness (QED) is 0.715. The minimum absolute atomic E-state index is 0.507. The second-order valence-corrected chi connectivity index (χ2v) is 2.93. The van der Waals surface area contributed by atoms with E-state index in [0.29, 0.717) is 5.82 Å². The van der Waals surface area contributed by atoms with Crippen LogP contribution >= 0.6 is 0 Å². The van der Waals surface area contributed by atoms with Gasteiger partial charge in [0.05, 0.1) is 5.69 Å². The van der Waals surface area contributed by atoms with Crippen LogP contribution in [0, 0.1) is 0 Å². The lowest BCUT2D eigenvalue weighted by atomic mass is 10.1. The number of fused-ring (bicyclic) bond motifs is 1. The molecule has 0 bridgehead atoms. The van der Waals surface area contributed by atoms with Gasteiger partial charge in [0, 0.05) is 10.8 Å². The van der Waals surface area contributed by atoms with E-state index in [1.165, 1.54) is 0 Å². The summed E-state index contributed by atoms with van der Waals surface area (Å²) in [4.78, 5) is 0. The van der Waals surface area contributed by atoms with Gasteiger partial charge in [0.2, 0.25) is 0 Å². The van der Waals surface area contributed by atoms with Crippen molar-refractivity contribution in [2.24, 2.45) is 0 Å². The summed E-state index contributed by atoms with van der Waals surface area (Å²) in [6.07, 6.45) is 0.883. The number of hydrogen-bond donors (Lipinski definition) is 1. The van der Waals surface area contributed by atoms with Gasteiger partial charge in [-0.2, -0.15) is 5.10 Å². The third-order valence-electron chi connectivity index (χ3n) is 2.13. The summed E-state index contributed by atoms with van der Waals surface area (Å²) in [6.45, 7) is 2.06. The van der Waals surface area contributed by atoms with E-state index in [1.54, 1.807) is 0 Å². The van der Waals surface area contributed by atoms with Gasteiger partial charge in [0.1, 0.15) is 0 Å². The summed E-state index contributed by atoms with van der Waals surface area (Å²) in [5.74, 6) is 0.507. The van der Waals surface area contributed by atoms with Gasteiger partial charge >= 0.3 is 0 Å². The highest BCUT2D eigenvalue weighted by Gasteiger charge is 2.03. The highest BCUT2D eigenvalue weighted by atomic mass is 15.1. The predicted octanol–water partition coefficient (Wildman–Crippen LogP) is 1.77. The second kappa shape index (κ2) is 3.01. The summed E-state index contributed by atoms with van der Waals surface area (Å²) in [5, 5.41) is 10.1. The van der Waals surface area contributed by atoms with Crippen molar-refractivity contribution in [3.63, 3.8) is 0 Å². The van der Waals surface area contributed by atoms with Crippen molar-refractivity contribution in [3.8, 4) is 0 Å². The van der Waals surface area contributed by atoms with Crippen molar-refractivity contribution in [1.82, 2.24) is 10.2 Å². The molecule has 0 fully saturated rings. The first-order valence-corrected chi connectivity index (χ1v) is 4.32. The van der Waals surface area contributed by atoms with Crippen LogP contribution in [-0.2, 0) is 6.42 Å². The molecule has 0 saturated carbocycles. The molecule has 13 heavy (non-hydrogen) atoms. The van der Waals surface area contributed by atoms with Gasteiger partial charge in [-0.15, -0.1) is 5.10 Å². The molecule has 0 radical (unpaired) electrons. The zero-order valence-electron chi connectivity index (χ0n) is 7.49. The topological polar surface area (TPSA) is 51.8 Å². The normalized spacial score (nSPS) is 10.5. The van der Waals surface area contributed by atoms with Crippen LogP contribution in [0.2, 0.25) is 0 Å². The van der Waals surface area contributed by atoms with Gasteiger partial charge < -0.3 is 5.73 Å². The fourth-order valence-electron chi connectivity index (χ4n) is 1.44. The summed E-state index contributed by atoms with van der Waals surface area (Å²) in [6, 6.07) is 7.94. The van der Waals surface area contributed by atoms with Crippen LogP contribution in [-0.4, -0.2) is 10.2 Å². The predicted molar refractivity (Wildman–Crippen MR) is 53.3 cm³/mol. The minimum atomic E-state index is 0.507. The largest absolute Gasteiger partial charge is 0.382 e. The molecule has 0 saturated heterocycles. The van der Waals surface area contributed by atoms with Crippen molar-refractivity contribution in [2.45, 2.75) is 13.3 Å². The van der Waals surface area contributed by atoms with Gasteiger partial charge in [0.15, 0.2) is 5.82 Å². The highest BCUT2D eigenvalue weighted by molar-refractivity contribution is 5.91. The van der Waals surface area contributed by atoms with Crippen LogP contribution in [0.5, 0.6) is 0 Å². The molecule has 0 atom stereocenters. The Morgan fingerprint density at radius 1 is 1.15 bits per heavy atom. The lowest BCUT2D eigenvalue weighted by molar-refractivity contribution is 0.946. The van der Waals surface area contributed by atoms with Gasteiger partial charge in [-0.3, -0.25) is 0 Å². The Kier molecular flexibility index (Phi) is 1.85. The summed E-state index contributed by atoms with van der Waals surface area (Å²) < 4.78 is 0. The Morgan fingerprint density at radius 2 is 1.85 bits per heavy atom. The first-order valence-electron chi connectivity index (χ1n) is 4.32. The standard InChI is InChI=1S/C10H11N3/c1-2-9-7-5-3-4-6-8(7)10(11)13-12-9/h3-6H,2H2,1H3,(H2,11,13). The number of benzene rings is 1. The maximum Gasteiger partial charge on any atom is 0.153 e. The number of nitrogens with two attached hydrogens (primary N) is 1. The summed E-state index contributed by atoms with van der Waals surface area (Å²) in [7, 11) is 0. The van der Waals surface area contributed by atoms with E-state index >= 15 is 0 Å². The van der Waals surface area contributed by atoms with Gasteiger partial charge in [-0.05, 0) is 6.42 Å². The number of nitrogens with zero attached hydrogens (tertiary/aromatic N) is 2. The van der Waals surface area contributed by atoms with Crippen molar-refractivity contribution >= 4 is 16.6 Å². The fraction of sp³-hybridized carbons (Fsp3) is 0.200. The molecule has 3 heteroatoms. The third kappa shape index (κ3) is 1.22. The maximum atomic E-state index is 5.71. The van der Waals surface area contributed by atoms with Crippen LogP contribution in [0.1, 0.15) is 12.6 Å². The molecule has 0 aliphatic rings. The van der Waals surface area contributed by atoms with Crippen LogP contribution in [0.3, 0.4) is 0 Å². The lowest BCUT2D eigenvalue weighted by Gasteiger charge is -2.03. The number of aryl methyl sites for hydroxylation is 1. The van der Waals surface area contributed by atoms with Gasteiger partial charge in [0.25, 0.3) is 0 Å². The van der Waals surface area contributed by atoms with Crippen molar-refractivity contribution in [1.29, 1.82) is 0 Å². The second-order valence-electron chi connectivity index (χ2n) is 2.93. The van der Waals surface area contributed by atoms with E-state index in [2.05, 4.69) is 17.1 Å². The summed E-state index contributed by atoms with van der Waals surface area (Å²) in [5.41, 5.74) is 6.71. The van der Waals surface area contributed by atoms with Crippen LogP contribution in [0.4, 0.5) is 5.82 Å². The Hall–Kier alpha value is -1.64. The number of nitrogen functional groups attached to an aromatic ring is 1. The van der Waals surface area contributed by atoms with Crippen LogP contribution in [0.15, 0.2) is 24.3 Å². The van der Waals surface area contributed by atoms with E-state index in [1.807, 2.05) is 24.3 Å². The third-order valence-corrected chi connectivity index (χ3v) is 2.13. The molecule has 2 aromatic rings. The zero-order chi connectivity index (χ0) is 9.26. The highest BCUT2D eigenvalue weighted by Crippen LogP contribution is 2.20. The molecule has 1 heterocycles. The van der Waals surface area contributed by atoms with Crippen LogP contribution < -0.4 is 5.73 Å². The first kappa shape index (κ1) is 7.98. The molecule has 1 aromatic heterocycles. The SMILES string of the molecule is CCc1nnc(N)c2ccccc12. The van der Waals surface area contributed by atoms with Gasteiger partial charge in [-0.1, -0.05) is 31.2 Å². The van der Waals surface area contributed by atoms with Crippen molar-refractivity contribution in [3.05, 3.63) is 30.0 Å². The Balaban J connectivity index is 2.84. The molecule has 66 valence electrons. The van der Waals surface area contributed by atoms with E-state index in [-0.39, 0.29) is 0 Å². The first-order chi connectivity index (χ1) is 6.33. The number of rotatable bonds is 1. The van der Waals surface area contributed by atoms with E-state index in [0.717, 1.165) is 22.9 Å². The molecule has 0 spiro atoms. The Bertz CT molecular complexity index is 437. The molecule has 0 aliphatic carbocycles. The van der Waals surface area contributed by atoms with Gasteiger partial charge in [-0.25, -0.2) is 0 Å². The molecule has 0 amide bonds. The number of anilines is 1. The molecule has 0 unspecified atom stereocenters. The van der Waals surface area contributed by atoms with E-state index in [4.69, 9.17) is 5.73 Å². The molecular weight excluding hydrogens is 162 g/mol.